The van der Waals surface area contributed by atoms with Crippen molar-refractivity contribution >= 4 is 39.0 Å². The average Bonchev–Trinajstić information content (AvgIpc) is 2.97. The van der Waals surface area contributed by atoms with Crippen LogP contribution in [0.1, 0.15) is 37.5 Å². The molecular weight excluding hydrogens is 369 g/mol. The Morgan fingerprint density at radius 2 is 2.00 bits per heavy atom. The second-order valence-corrected chi connectivity index (χ2v) is 8.33. The summed E-state index contributed by atoms with van der Waals surface area (Å²) in [5, 5.41) is 1.34. The van der Waals surface area contributed by atoms with E-state index in [-0.39, 0.29) is 5.82 Å². The van der Waals surface area contributed by atoms with Gasteiger partial charge >= 0.3 is 0 Å². The van der Waals surface area contributed by atoms with E-state index in [4.69, 9.17) is 11.6 Å². The summed E-state index contributed by atoms with van der Waals surface area (Å²) in [5.74, 6) is 0.697. The summed E-state index contributed by atoms with van der Waals surface area (Å²) in [4.78, 5) is 13.6. The van der Waals surface area contributed by atoms with Crippen LogP contribution in [0.2, 0.25) is 5.28 Å². The number of rotatable bonds is 3. The number of halogens is 2. The molecule has 0 amide bonds. The molecule has 0 radical (unpaired) electrons. The van der Waals surface area contributed by atoms with Gasteiger partial charge in [0, 0.05) is 23.0 Å². The van der Waals surface area contributed by atoms with Crippen LogP contribution in [0.15, 0.2) is 24.3 Å². The van der Waals surface area contributed by atoms with Gasteiger partial charge in [0.05, 0.1) is 5.39 Å². The Morgan fingerprint density at radius 1 is 1.23 bits per heavy atom. The van der Waals surface area contributed by atoms with Crippen molar-refractivity contribution in [2.75, 3.05) is 11.4 Å². The van der Waals surface area contributed by atoms with Crippen LogP contribution in [-0.2, 0) is 0 Å². The van der Waals surface area contributed by atoms with Crippen molar-refractivity contribution in [1.82, 2.24) is 9.97 Å². The van der Waals surface area contributed by atoms with E-state index in [2.05, 4.69) is 28.7 Å². The molecule has 1 aliphatic rings. The van der Waals surface area contributed by atoms with Crippen molar-refractivity contribution in [3.8, 4) is 11.1 Å². The summed E-state index contributed by atoms with van der Waals surface area (Å²) in [6.07, 6.45) is 4.67. The van der Waals surface area contributed by atoms with Gasteiger partial charge in [-0.2, -0.15) is 4.98 Å². The number of nitrogens with zero attached hydrogens (tertiary/aromatic N) is 3. The van der Waals surface area contributed by atoms with Crippen molar-refractivity contribution in [2.24, 2.45) is 0 Å². The second-order valence-electron chi connectivity index (χ2n) is 6.79. The van der Waals surface area contributed by atoms with E-state index in [1.807, 2.05) is 12.1 Å². The zero-order valence-corrected chi connectivity index (χ0v) is 16.5. The lowest BCUT2D eigenvalue weighted by Gasteiger charge is -2.36. The fraction of sp³-hybridized carbons (Fsp3) is 0.400. The molecule has 1 saturated heterocycles. The summed E-state index contributed by atoms with van der Waals surface area (Å²) < 4.78 is 13.4. The van der Waals surface area contributed by atoms with Gasteiger partial charge in [0.25, 0.3) is 0 Å². The lowest BCUT2D eigenvalue weighted by Crippen LogP contribution is -2.39. The molecule has 6 heteroatoms. The van der Waals surface area contributed by atoms with Crippen LogP contribution in [0.25, 0.3) is 21.3 Å². The number of aryl methyl sites for hydroxylation is 1. The van der Waals surface area contributed by atoms with Crippen molar-refractivity contribution in [2.45, 2.75) is 45.6 Å². The van der Waals surface area contributed by atoms with E-state index in [1.165, 1.54) is 25.0 Å². The summed E-state index contributed by atoms with van der Waals surface area (Å²) in [6.45, 7) is 5.29. The minimum absolute atomic E-state index is 0.229. The highest BCUT2D eigenvalue weighted by molar-refractivity contribution is 7.19. The smallest absolute Gasteiger partial charge is 0.225 e. The molecule has 0 saturated carbocycles. The largest absolute Gasteiger partial charge is 0.353 e. The van der Waals surface area contributed by atoms with Gasteiger partial charge in [-0.1, -0.05) is 19.1 Å². The zero-order valence-electron chi connectivity index (χ0n) is 14.9. The fourth-order valence-corrected chi connectivity index (χ4v) is 5.20. The standard InChI is InChI=1S/C20H21ClFN3S/c1-3-15-6-4-5-11-25(15)18-17-16(13-7-9-14(22)10-8-13)12(2)26-19(17)24-20(21)23-18/h7-10,15H,3-6,11H2,1-2H3. The molecule has 1 aliphatic heterocycles. The van der Waals surface area contributed by atoms with Crippen molar-refractivity contribution in [3.05, 3.63) is 40.2 Å². The van der Waals surface area contributed by atoms with Crippen molar-refractivity contribution in [3.63, 3.8) is 0 Å². The molecule has 1 fully saturated rings. The van der Waals surface area contributed by atoms with Gasteiger partial charge in [0.2, 0.25) is 5.28 Å². The Bertz CT molecular complexity index is 938. The maximum Gasteiger partial charge on any atom is 0.225 e. The third-order valence-corrected chi connectivity index (χ3v) is 6.35. The molecular formula is C20H21ClFN3S. The highest BCUT2D eigenvalue weighted by Crippen LogP contribution is 2.43. The zero-order chi connectivity index (χ0) is 18.3. The van der Waals surface area contributed by atoms with Gasteiger partial charge in [0.15, 0.2) is 0 Å². The van der Waals surface area contributed by atoms with Gasteiger partial charge in [-0.25, -0.2) is 9.37 Å². The summed E-state index contributed by atoms with van der Waals surface area (Å²) in [6, 6.07) is 7.14. The number of hydrogen-bond acceptors (Lipinski definition) is 4. The van der Waals surface area contributed by atoms with Crippen LogP contribution in [0.3, 0.4) is 0 Å². The second kappa shape index (κ2) is 7.12. The molecule has 1 aromatic carbocycles. The number of aromatic nitrogens is 2. The highest BCUT2D eigenvalue weighted by Gasteiger charge is 2.27. The first kappa shape index (κ1) is 17.7. The van der Waals surface area contributed by atoms with Crippen LogP contribution in [0.4, 0.5) is 10.2 Å². The molecule has 2 aromatic heterocycles. The molecule has 3 nitrogen and oxygen atoms in total. The lowest BCUT2D eigenvalue weighted by atomic mass is 9.98. The van der Waals surface area contributed by atoms with Crippen LogP contribution in [0, 0.1) is 12.7 Å². The average molecular weight is 390 g/mol. The van der Waals surface area contributed by atoms with E-state index in [1.54, 1.807) is 11.3 Å². The minimum atomic E-state index is -0.229. The Kier molecular flexibility index (Phi) is 4.84. The molecule has 1 unspecified atom stereocenters. The molecule has 0 spiro atoms. The number of fused-ring (bicyclic) bond motifs is 1. The Hall–Kier alpha value is -1.72. The first-order valence-corrected chi connectivity index (χ1v) is 10.3. The van der Waals surface area contributed by atoms with Crippen LogP contribution < -0.4 is 4.90 Å². The SMILES string of the molecule is CCC1CCCCN1c1nc(Cl)nc2sc(C)c(-c3ccc(F)cc3)c12. The predicted molar refractivity (Wildman–Crippen MR) is 108 cm³/mol. The maximum atomic E-state index is 13.4. The van der Waals surface area contributed by atoms with Crippen LogP contribution in [0.5, 0.6) is 0 Å². The normalized spacial score (nSPS) is 17.8. The first-order chi connectivity index (χ1) is 12.6. The molecule has 3 heterocycles. The number of thiophene rings is 1. The van der Waals surface area contributed by atoms with Gasteiger partial charge in [0.1, 0.15) is 16.5 Å². The molecule has 26 heavy (non-hydrogen) atoms. The number of piperidine rings is 1. The molecule has 136 valence electrons. The molecule has 4 rings (SSSR count). The highest BCUT2D eigenvalue weighted by atomic mass is 35.5. The Labute approximate surface area is 161 Å². The topological polar surface area (TPSA) is 29.0 Å². The van der Waals surface area contributed by atoms with Gasteiger partial charge in [-0.3, -0.25) is 0 Å². The molecule has 3 aromatic rings. The summed E-state index contributed by atoms with van der Waals surface area (Å²) >= 11 is 7.89. The molecule has 0 aliphatic carbocycles. The number of hydrogen-bond donors (Lipinski definition) is 0. The van der Waals surface area contributed by atoms with E-state index in [0.717, 1.165) is 51.4 Å². The first-order valence-electron chi connectivity index (χ1n) is 9.07. The minimum Gasteiger partial charge on any atom is -0.353 e. The monoisotopic (exact) mass is 389 g/mol. The van der Waals surface area contributed by atoms with Gasteiger partial charge < -0.3 is 4.90 Å². The van der Waals surface area contributed by atoms with E-state index in [0.29, 0.717) is 11.3 Å². The van der Waals surface area contributed by atoms with E-state index in [9.17, 15) is 4.39 Å². The van der Waals surface area contributed by atoms with Gasteiger partial charge in [-0.15, -0.1) is 11.3 Å². The maximum absolute atomic E-state index is 13.4. The third kappa shape index (κ3) is 3.08. The molecule has 0 N–H and O–H groups in total. The predicted octanol–water partition coefficient (Wildman–Crippen LogP) is 6.23. The summed E-state index contributed by atoms with van der Waals surface area (Å²) in [7, 11) is 0. The van der Waals surface area contributed by atoms with Crippen LogP contribution in [-0.4, -0.2) is 22.6 Å². The quantitative estimate of drug-likeness (QED) is 0.497. The van der Waals surface area contributed by atoms with Crippen LogP contribution >= 0.6 is 22.9 Å². The fourth-order valence-electron chi connectivity index (χ4n) is 3.94. The van der Waals surface area contributed by atoms with Gasteiger partial charge in [-0.05, 0) is 61.9 Å². The van der Waals surface area contributed by atoms with Crippen molar-refractivity contribution in [1.29, 1.82) is 0 Å². The van der Waals surface area contributed by atoms with E-state index >= 15 is 0 Å². The third-order valence-electron chi connectivity index (χ3n) is 5.18. The Balaban J connectivity index is 1.96. The molecule has 0 bridgehead atoms. The molecule has 1 atom stereocenters. The number of benzene rings is 1. The summed E-state index contributed by atoms with van der Waals surface area (Å²) in [5.41, 5.74) is 2.09. The van der Waals surface area contributed by atoms with Crippen molar-refractivity contribution < 1.29 is 4.39 Å². The van der Waals surface area contributed by atoms with E-state index < -0.39 is 0 Å². The lowest BCUT2D eigenvalue weighted by molar-refractivity contribution is 0.448. The number of anilines is 1. The Morgan fingerprint density at radius 3 is 2.73 bits per heavy atom.